The van der Waals surface area contributed by atoms with E-state index in [1.807, 2.05) is 13.0 Å². The molecule has 1 nitrogen and oxygen atoms in total. The summed E-state index contributed by atoms with van der Waals surface area (Å²) in [7, 11) is 0. The molecule has 0 N–H and O–H groups in total. The summed E-state index contributed by atoms with van der Waals surface area (Å²) in [6, 6.07) is 10.4. The fourth-order valence-corrected chi connectivity index (χ4v) is 1.85. The van der Waals surface area contributed by atoms with Crippen LogP contribution in [0.2, 0.25) is 0 Å². The predicted molar refractivity (Wildman–Crippen MR) is 59.2 cm³/mol. The molecule has 0 atom stereocenters. The lowest BCUT2D eigenvalue weighted by molar-refractivity contribution is 1.25. The Bertz CT molecular complexity index is 423. The first-order valence-electron chi connectivity index (χ1n) is 3.79. The molecule has 0 aliphatic heterocycles. The van der Waals surface area contributed by atoms with Crippen molar-refractivity contribution in [3.05, 3.63) is 39.6 Å². The van der Waals surface area contributed by atoms with Crippen molar-refractivity contribution in [1.29, 1.82) is 0 Å². The normalized spacial score (nSPS) is 10.5. The summed E-state index contributed by atoms with van der Waals surface area (Å²) in [4.78, 5) is 4.47. The van der Waals surface area contributed by atoms with Crippen molar-refractivity contribution in [3.8, 4) is 0 Å². The van der Waals surface area contributed by atoms with E-state index < -0.39 is 0 Å². The number of hydrogen-bond donors (Lipinski definition) is 0. The van der Waals surface area contributed by atoms with Crippen LogP contribution in [0.15, 0.2) is 30.3 Å². The number of rotatable bonds is 0. The minimum atomic E-state index is 1.08. The van der Waals surface area contributed by atoms with Gasteiger partial charge in [-0.2, -0.15) is 0 Å². The molecule has 0 saturated carbocycles. The molecule has 60 valence electrons. The number of halogens is 1. The number of aryl methyl sites for hydroxylation is 1. The molecule has 0 unspecified atom stereocenters. The van der Waals surface area contributed by atoms with Crippen molar-refractivity contribution in [1.82, 2.24) is 4.98 Å². The van der Waals surface area contributed by atoms with Gasteiger partial charge in [-0.15, -0.1) is 0 Å². The van der Waals surface area contributed by atoms with Crippen LogP contribution in [0.1, 0.15) is 5.69 Å². The van der Waals surface area contributed by atoms with Crippen LogP contribution >= 0.6 is 22.6 Å². The van der Waals surface area contributed by atoms with E-state index in [-0.39, 0.29) is 0 Å². The second-order valence-electron chi connectivity index (χ2n) is 2.76. The van der Waals surface area contributed by atoms with Gasteiger partial charge in [-0.3, -0.25) is 4.98 Å². The van der Waals surface area contributed by atoms with Crippen molar-refractivity contribution < 1.29 is 0 Å². The summed E-state index contributed by atoms with van der Waals surface area (Å²) < 4.78 is 1.22. The van der Waals surface area contributed by atoms with Crippen LogP contribution < -0.4 is 0 Å². The molecule has 1 heterocycles. The highest BCUT2D eigenvalue weighted by atomic mass is 127. The Morgan fingerprint density at radius 2 is 2.00 bits per heavy atom. The number of fused-ring (bicyclic) bond motifs is 1. The van der Waals surface area contributed by atoms with Crippen LogP contribution in [0.3, 0.4) is 0 Å². The molecule has 0 aliphatic carbocycles. The van der Waals surface area contributed by atoms with Gasteiger partial charge in [0.15, 0.2) is 0 Å². The SMILES string of the molecule is Cc1ccc2cccc(I)c2n1. The molecule has 2 rings (SSSR count). The fourth-order valence-electron chi connectivity index (χ4n) is 1.21. The van der Waals surface area contributed by atoms with E-state index in [0.717, 1.165) is 11.2 Å². The smallest absolute Gasteiger partial charge is 0.0838 e. The third-order valence-corrected chi connectivity index (χ3v) is 2.68. The zero-order chi connectivity index (χ0) is 8.55. The lowest BCUT2D eigenvalue weighted by Crippen LogP contribution is -1.84. The zero-order valence-corrected chi connectivity index (χ0v) is 8.87. The second kappa shape index (κ2) is 3.01. The van der Waals surface area contributed by atoms with Gasteiger partial charge in [-0.05, 0) is 41.6 Å². The van der Waals surface area contributed by atoms with E-state index in [9.17, 15) is 0 Å². The van der Waals surface area contributed by atoms with Crippen molar-refractivity contribution in [3.63, 3.8) is 0 Å². The van der Waals surface area contributed by atoms with Gasteiger partial charge >= 0.3 is 0 Å². The minimum Gasteiger partial charge on any atom is -0.252 e. The Kier molecular flexibility index (Phi) is 2.00. The van der Waals surface area contributed by atoms with Gasteiger partial charge in [-0.1, -0.05) is 18.2 Å². The number of benzene rings is 1. The molecule has 0 spiro atoms. The fraction of sp³-hybridized carbons (Fsp3) is 0.100. The minimum absolute atomic E-state index is 1.08. The van der Waals surface area contributed by atoms with Gasteiger partial charge in [0.25, 0.3) is 0 Å². The van der Waals surface area contributed by atoms with E-state index in [1.165, 1.54) is 8.96 Å². The highest BCUT2D eigenvalue weighted by Crippen LogP contribution is 2.18. The molecule has 0 amide bonds. The quantitative estimate of drug-likeness (QED) is 0.669. The average molecular weight is 269 g/mol. The first-order chi connectivity index (χ1) is 5.77. The van der Waals surface area contributed by atoms with Crippen molar-refractivity contribution in [2.45, 2.75) is 6.92 Å². The maximum Gasteiger partial charge on any atom is 0.0838 e. The van der Waals surface area contributed by atoms with Crippen molar-refractivity contribution in [2.24, 2.45) is 0 Å². The Labute approximate surface area is 85.0 Å². The first kappa shape index (κ1) is 7.98. The molecule has 1 aromatic carbocycles. The summed E-state index contributed by atoms with van der Waals surface area (Å²) in [5.74, 6) is 0. The van der Waals surface area contributed by atoms with Gasteiger partial charge in [0.2, 0.25) is 0 Å². The monoisotopic (exact) mass is 269 g/mol. The Morgan fingerprint density at radius 3 is 2.83 bits per heavy atom. The highest BCUT2D eigenvalue weighted by Gasteiger charge is 1.97. The second-order valence-corrected chi connectivity index (χ2v) is 3.93. The summed E-state index contributed by atoms with van der Waals surface area (Å²) in [5.41, 5.74) is 2.18. The molecular formula is C10H8IN. The molecule has 2 heteroatoms. The first-order valence-corrected chi connectivity index (χ1v) is 4.87. The zero-order valence-electron chi connectivity index (χ0n) is 6.71. The molecular weight excluding hydrogens is 261 g/mol. The summed E-state index contributed by atoms with van der Waals surface area (Å²) in [6.07, 6.45) is 0. The van der Waals surface area contributed by atoms with E-state index in [2.05, 4.69) is 51.8 Å². The van der Waals surface area contributed by atoms with Crippen LogP contribution in [0.25, 0.3) is 10.9 Å². The van der Waals surface area contributed by atoms with E-state index in [1.54, 1.807) is 0 Å². The largest absolute Gasteiger partial charge is 0.252 e. The van der Waals surface area contributed by atoms with Gasteiger partial charge in [0.05, 0.1) is 5.52 Å². The highest BCUT2D eigenvalue weighted by molar-refractivity contribution is 14.1. The van der Waals surface area contributed by atoms with Gasteiger partial charge in [0.1, 0.15) is 0 Å². The molecule has 12 heavy (non-hydrogen) atoms. The molecule has 0 radical (unpaired) electrons. The number of aromatic nitrogens is 1. The third-order valence-electron chi connectivity index (χ3n) is 1.81. The van der Waals surface area contributed by atoms with Gasteiger partial charge in [0, 0.05) is 14.7 Å². The van der Waals surface area contributed by atoms with Crippen molar-refractivity contribution >= 4 is 33.5 Å². The molecule has 2 aromatic rings. The standard InChI is InChI=1S/C10H8IN/c1-7-5-6-8-3-2-4-9(11)10(8)12-7/h2-6H,1H3. The molecule has 1 aromatic heterocycles. The van der Waals surface area contributed by atoms with Crippen LogP contribution in [-0.2, 0) is 0 Å². The lowest BCUT2D eigenvalue weighted by atomic mass is 10.2. The Hall–Kier alpha value is -0.640. The molecule has 0 bridgehead atoms. The van der Waals surface area contributed by atoms with Gasteiger partial charge in [-0.25, -0.2) is 0 Å². The number of pyridine rings is 1. The van der Waals surface area contributed by atoms with E-state index >= 15 is 0 Å². The molecule has 0 fully saturated rings. The average Bonchev–Trinajstić information content (AvgIpc) is 2.07. The lowest BCUT2D eigenvalue weighted by Gasteiger charge is -1.99. The summed E-state index contributed by atoms with van der Waals surface area (Å²) in [5, 5.41) is 1.22. The van der Waals surface area contributed by atoms with Crippen molar-refractivity contribution in [2.75, 3.05) is 0 Å². The number of para-hydroxylation sites is 1. The Morgan fingerprint density at radius 1 is 1.17 bits per heavy atom. The summed E-state index contributed by atoms with van der Waals surface area (Å²) >= 11 is 2.31. The molecule has 0 aliphatic rings. The number of hydrogen-bond acceptors (Lipinski definition) is 1. The predicted octanol–water partition coefficient (Wildman–Crippen LogP) is 3.15. The van der Waals surface area contributed by atoms with Crippen LogP contribution in [0.4, 0.5) is 0 Å². The van der Waals surface area contributed by atoms with Gasteiger partial charge < -0.3 is 0 Å². The maximum atomic E-state index is 4.47. The summed E-state index contributed by atoms with van der Waals surface area (Å²) in [6.45, 7) is 2.02. The van der Waals surface area contributed by atoms with Crippen LogP contribution in [0.5, 0.6) is 0 Å². The molecule has 0 saturated heterocycles. The van der Waals surface area contributed by atoms with E-state index in [0.29, 0.717) is 0 Å². The third kappa shape index (κ3) is 1.31. The number of nitrogens with zero attached hydrogens (tertiary/aromatic N) is 1. The Balaban J connectivity index is 2.88. The topological polar surface area (TPSA) is 12.9 Å². The van der Waals surface area contributed by atoms with Crippen LogP contribution in [0, 0.1) is 10.5 Å². The van der Waals surface area contributed by atoms with Crippen LogP contribution in [-0.4, -0.2) is 4.98 Å². The maximum absolute atomic E-state index is 4.47. The van der Waals surface area contributed by atoms with E-state index in [4.69, 9.17) is 0 Å².